The van der Waals surface area contributed by atoms with E-state index in [0.717, 1.165) is 25.3 Å². The van der Waals surface area contributed by atoms with Gasteiger partial charge in [0.2, 0.25) is 5.82 Å². The molecule has 0 bridgehead atoms. The second-order valence-corrected chi connectivity index (χ2v) is 3.55. The molecular weight excluding hydrogens is 182 g/mol. The number of H-pyrrole nitrogens is 1. The number of likely N-dealkylation sites (tertiary alicyclic amines) is 1. The third-order valence-corrected chi connectivity index (χ3v) is 2.42. The number of aromatic carboxylic acids is 1. The normalized spacial score (nSPS) is 17.4. The molecular formula is C9H13N3O2. The summed E-state index contributed by atoms with van der Waals surface area (Å²) in [6.07, 6.45) is 4.07. The summed E-state index contributed by atoms with van der Waals surface area (Å²) in [5, 5.41) is 8.65. The Labute approximate surface area is 81.8 Å². The van der Waals surface area contributed by atoms with Crippen LogP contribution in [0.3, 0.4) is 0 Å². The smallest absolute Gasteiger partial charge is 0.371 e. The van der Waals surface area contributed by atoms with Crippen molar-refractivity contribution in [2.24, 2.45) is 0 Å². The van der Waals surface area contributed by atoms with Crippen LogP contribution in [0.5, 0.6) is 0 Å². The maximum Gasteiger partial charge on any atom is 0.371 e. The lowest BCUT2D eigenvalue weighted by atomic mass is 10.4. The number of imidazole rings is 1. The molecule has 0 atom stereocenters. The van der Waals surface area contributed by atoms with Crippen molar-refractivity contribution in [1.29, 1.82) is 0 Å². The lowest BCUT2D eigenvalue weighted by Crippen LogP contribution is -2.18. The number of nitrogens with zero attached hydrogens (tertiary/aromatic N) is 2. The highest BCUT2D eigenvalue weighted by Gasteiger charge is 2.14. The summed E-state index contributed by atoms with van der Waals surface area (Å²) in [6.45, 7) is 2.98. The molecule has 1 aliphatic heterocycles. The van der Waals surface area contributed by atoms with E-state index >= 15 is 0 Å². The minimum Gasteiger partial charge on any atom is -0.475 e. The Morgan fingerprint density at radius 2 is 2.29 bits per heavy atom. The van der Waals surface area contributed by atoms with E-state index in [1.807, 2.05) is 0 Å². The van der Waals surface area contributed by atoms with Gasteiger partial charge in [0, 0.05) is 12.2 Å². The van der Waals surface area contributed by atoms with E-state index in [0.29, 0.717) is 0 Å². The number of hydrogen-bond donors (Lipinski definition) is 2. The van der Waals surface area contributed by atoms with Gasteiger partial charge in [0.1, 0.15) is 0 Å². The van der Waals surface area contributed by atoms with Crippen LogP contribution in [0.2, 0.25) is 0 Å². The summed E-state index contributed by atoms with van der Waals surface area (Å²) in [5.41, 5.74) is 0.879. The molecule has 0 aromatic carbocycles. The predicted molar refractivity (Wildman–Crippen MR) is 50.1 cm³/mol. The number of carbonyl (C=O) groups is 1. The van der Waals surface area contributed by atoms with E-state index in [4.69, 9.17) is 5.11 Å². The van der Waals surface area contributed by atoms with Gasteiger partial charge in [-0.1, -0.05) is 0 Å². The lowest BCUT2D eigenvalue weighted by molar-refractivity contribution is 0.0684. The third kappa shape index (κ3) is 1.93. The first-order chi connectivity index (χ1) is 6.75. The van der Waals surface area contributed by atoms with Gasteiger partial charge in [0.05, 0.1) is 6.20 Å². The van der Waals surface area contributed by atoms with Gasteiger partial charge in [-0.25, -0.2) is 9.78 Å². The predicted octanol–water partition coefficient (Wildman–Crippen LogP) is 0.704. The molecule has 0 aliphatic carbocycles. The maximum absolute atomic E-state index is 10.5. The minimum atomic E-state index is -1.00. The Morgan fingerprint density at radius 1 is 1.57 bits per heavy atom. The molecule has 1 aromatic rings. The first kappa shape index (κ1) is 9.21. The van der Waals surface area contributed by atoms with Crippen LogP contribution in [0.15, 0.2) is 6.20 Å². The third-order valence-electron chi connectivity index (χ3n) is 2.42. The molecule has 1 saturated heterocycles. The SMILES string of the molecule is O=C(O)c1ncc(CN2CCCC2)[nH]1. The topological polar surface area (TPSA) is 69.2 Å². The zero-order valence-corrected chi connectivity index (χ0v) is 7.86. The molecule has 1 aliphatic rings. The molecule has 0 unspecified atom stereocenters. The van der Waals surface area contributed by atoms with Crippen molar-refractivity contribution in [3.8, 4) is 0 Å². The van der Waals surface area contributed by atoms with Crippen molar-refractivity contribution in [2.75, 3.05) is 13.1 Å². The van der Waals surface area contributed by atoms with Gasteiger partial charge in [-0.15, -0.1) is 0 Å². The summed E-state index contributed by atoms with van der Waals surface area (Å²) in [5.74, 6) is -0.975. The average Bonchev–Trinajstić information content (AvgIpc) is 2.75. The van der Waals surface area contributed by atoms with Gasteiger partial charge in [-0.05, 0) is 25.9 Å². The van der Waals surface area contributed by atoms with E-state index in [9.17, 15) is 4.79 Å². The number of carboxylic acid groups (broad SMARTS) is 1. The van der Waals surface area contributed by atoms with E-state index in [1.54, 1.807) is 6.20 Å². The Morgan fingerprint density at radius 3 is 2.86 bits per heavy atom. The monoisotopic (exact) mass is 195 g/mol. The Kier molecular flexibility index (Phi) is 2.49. The van der Waals surface area contributed by atoms with Crippen molar-refractivity contribution in [3.63, 3.8) is 0 Å². The van der Waals surface area contributed by atoms with Crippen molar-refractivity contribution in [1.82, 2.24) is 14.9 Å². The molecule has 0 spiro atoms. The standard InChI is InChI=1S/C9H13N3O2/c13-9(14)8-10-5-7(11-8)6-12-3-1-2-4-12/h5H,1-4,6H2,(H,10,11)(H,13,14). The molecule has 2 heterocycles. The zero-order chi connectivity index (χ0) is 9.97. The Balaban J connectivity index is 1.98. The number of nitrogens with one attached hydrogen (secondary N) is 1. The van der Waals surface area contributed by atoms with E-state index in [2.05, 4.69) is 14.9 Å². The Hall–Kier alpha value is -1.36. The molecule has 0 amide bonds. The number of aromatic nitrogens is 2. The molecule has 5 nitrogen and oxygen atoms in total. The second kappa shape index (κ2) is 3.79. The highest BCUT2D eigenvalue weighted by atomic mass is 16.4. The number of carboxylic acids is 1. The molecule has 0 radical (unpaired) electrons. The fourth-order valence-corrected chi connectivity index (χ4v) is 1.73. The maximum atomic E-state index is 10.5. The van der Waals surface area contributed by atoms with Crippen molar-refractivity contribution in [3.05, 3.63) is 17.7 Å². The van der Waals surface area contributed by atoms with Crippen LogP contribution in [0.1, 0.15) is 29.2 Å². The molecule has 14 heavy (non-hydrogen) atoms. The fraction of sp³-hybridized carbons (Fsp3) is 0.556. The quantitative estimate of drug-likeness (QED) is 0.745. The molecule has 0 saturated carbocycles. The van der Waals surface area contributed by atoms with Gasteiger partial charge in [0.25, 0.3) is 0 Å². The first-order valence-corrected chi connectivity index (χ1v) is 4.75. The van der Waals surface area contributed by atoms with Crippen LogP contribution < -0.4 is 0 Å². The number of rotatable bonds is 3. The largest absolute Gasteiger partial charge is 0.475 e. The van der Waals surface area contributed by atoms with Crippen LogP contribution in [0.4, 0.5) is 0 Å². The molecule has 5 heteroatoms. The molecule has 2 rings (SSSR count). The van der Waals surface area contributed by atoms with Crippen LogP contribution >= 0.6 is 0 Å². The Bertz CT molecular complexity index is 329. The van der Waals surface area contributed by atoms with Crippen molar-refractivity contribution in [2.45, 2.75) is 19.4 Å². The summed E-state index contributed by atoms with van der Waals surface area (Å²) in [7, 11) is 0. The van der Waals surface area contributed by atoms with E-state index < -0.39 is 5.97 Å². The number of hydrogen-bond acceptors (Lipinski definition) is 3. The summed E-state index contributed by atoms with van der Waals surface area (Å²) < 4.78 is 0. The molecule has 1 fully saturated rings. The lowest BCUT2D eigenvalue weighted by Gasteiger charge is -2.11. The highest BCUT2D eigenvalue weighted by molar-refractivity contribution is 5.83. The van der Waals surface area contributed by atoms with Crippen LogP contribution in [0, 0.1) is 0 Å². The fourth-order valence-electron chi connectivity index (χ4n) is 1.73. The zero-order valence-electron chi connectivity index (χ0n) is 7.86. The van der Waals surface area contributed by atoms with E-state index in [1.165, 1.54) is 12.8 Å². The van der Waals surface area contributed by atoms with Gasteiger partial charge < -0.3 is 10.1 Å². The van der Waals surface area contributed by atoms with E-state index in [-0.39, 0.29) is 5.82 Å². The van der Waals surface area contributed by atoms with Crippen LogP contribution in [-0.2, 0) is 6.54 Å². The summed E-state index contributed by atoms with van der Waals surface area (Å²) in [4.78, 5) is 19.4. The van der Waals surface area contributed by atoms with Gasteiger partial charge in [-0.2, -0.15) is 0 Å². The minimum absolute atomic E-state index is 0.0270. The summed E-state index contributed by atoms with van der Waals surface area (Å²) >= 11 is 0. The highest BCUT2D eigenvalue weighted by Crippen LogP contribution is 2.11. The van der Waals surface area contributed by atoms with Crippen LogP contribution in [-0.4, -0.2) is 39.0 Å². The second-order valence-electron chi connectivity index (χ2n) is 3.55. The van der Waals surface area contributed by atoms with Gasteiger partial charge in [-0.3, -0.25) is 4.90 Å². The van der Waals surface area contributed by atoms with Crippen molar-refractivity contribution < 1.29 is 9.90 Å². The summed E-state index contributed by atoms with van der Waals surface area (Å²) in [6, 6.07) is 0. The molecule has 76 valence electrons. The number of aromatic amines is 1. The van der Waals surface area contributed by atoms with Crippen molar-refractivity contribution >= 4 is 5.97 Å². The average molecular weight is 195 g/mol. The van der Waals surface area contributed by atoms with Gasteiger partial charge in [0.15, 0.2) is 0 Å². The molecule has 1 aromatic heterocycles. The molecule has 2 N–H and O–H groups in total. The first-order valence-electron chi connectivity index (χ1n) is 4.75. The van der Waals surface area contributed by atoms with Crippen LogP contribution in [0.25, 0.3) is 0 Å². The van der Waals surface area contributed by atoms with Gasteiger partial charge >= 0.3 is 5.97 Å².